The van der Waals surface area contributed by atoms with Crippen molar-refractivity contribution in [3.05, 3.63) is 0 Å². The molecule has 6 nitrogen and oxygen atoms in total. The third-order valence-electron chi connectivity index (χ3n) is 2.50. The fourth-order valence-corrected chi connectivity index (χ4v) is 1.59. The summed E-state index contributed by atoms with van der Waals surface area (Å²) in [5, 5.41) is 12.0. The molecule has 0 radical (unpaired) electrons. The number of halogens is 3. The van der Waals surface area contributed by atoms with Crippen LogP contribution in [0.15, 0.2) is 0 Å². The van der Waals surface area contributed by atoms with Crippen LogP contribution in [0.1, 0.15) is 12.8 Å². The Kier molecular flexibility index (Phi) is 4.15. The minimum absolute atomic E-state index is 0.262. The third-order valence-corrected chi connectivity index (χ3v) is 2.50. The first-order valence-electron chi connectivity index (χ1n) is 5.08. The van der Waals surface area contributed by atoms with Gasteiger partial charge in [0, 0.05) is 0 Å². The first kappa shape index (κ1) is 14.3. The lowest BCUT2D eigenvalue weighted by Crippen LogP contribution is -2.54. The summed E-state index contributed by atoms with van der Waals surface area (Å²) in [6.45, 7) is -0.675. The molecule has 18 heavy (non-hydrogen) atoms. The van der Waals surface area contributed by atoms with Crippen molar-refractivity contribution in [2.75, 3.05) is 6.54 Å². The first-order chi connectivity index (χ1) is 8.21. The quantitative estimate of drug-likeness (QED) is 0.609. The van der Waals surface area contributed by atoms with Gasteiger partial charge < -0.3 is 15.7 Å². The van der Waals surface area contributed by atoms with E-state index in [2.05, 4.69) is 0 Å². The largest absolute Gasteiger partial charge is 0.480 e. The Hall–Kier alpha value is -1.80. The molecule has 102 valence electrons. The molecule has 0 aliphatic carbocycles. The van der Waals surface area contributed by atoms with E-state index in [4.69, 9.17) is 5.11 Å². The Morgan fingerprint density at radius 1 is 1.39 bits per heavy atom. The molecule has 0 bridgehead atoms. The highest BCUT2D eigenvalue weighted by atomic mass is 19.4. The highest BCUT2D eigenvalue weighted by molar-refractivity contribution is 6.01. The number of piperidine rings is 1. The molecule has 0 aromatic heterocycles. The molecule has 9 heteroatoms. The van der Waals surface area contributed by atoms with Crippen molar-refractivity contribution in [3.63, 3.8) is 0 Å². The van der Waals surface area contributed by atoms with Gasteiger partial charge in [-0.05, 0) is 12.8 Å². The van der Waals surface area contributed by atoms with Gasteiger partial charge in [-0.2, -0.15) is 13.2 Å². The molecule has 1 rings (SSSR count). The lowest BCUT2D eigenvalue weighted by atomic mass is 9.93. The second kappa shape index (κ2) is 5.23. The Labute approximate surface area is 99.5 Å². The fraction of sp³-hybridized carbons (Fsp3) is 0.667. The summed E-state index contributed by atoms with van der Waals surface area (Å²) >= 11 is 0. The van der Waals surface area contributed by atoms with E-state index < -0.39 is 48.9 Å². The Morgan fingerprint density at radius 2 is 2.00 bits per heavy atom. The van der Waals surface area contributed by atoms with E-state index in [1.807, 2.05) is 5.32 Å². The average molecular weight is 268 g/mol. The van der Waals surface area contributed by atoms with Crippen LogP contribution < -0.4 is 10.6 Å². The molecule has 1 heterocycles. The molecule has 3 N–H and O–H groups in total. The van der Waals surface area contributed by atoms with Crippen LogP contribution in [0, 0.1) is 5.92 Å². The van der Waals surface area contributed by atoms with Gasteiger partial charge in [0.1, 0.15) is 18.5 Å². The van der Waals surface area contributed by atoms with Crippen molar-refractivity contribution >= 4 is 17.8 Å². The van der Waals surface area contributed by atoms with E-state index in [-0.39, 0.29) is 6.42 Å². The lowest BCUT2D eigenvalue weighted by molar-refractivity contribution is -0.171. The van der Waals surface area contributed by atoms with Crippen molar-refractivity contribution in [3.8, 4) is 0 Å². The number of carboxylic acid groups (broad SMARTS) is 1. The van der Waals surface area contributed by atoms with E-state index >= 15 is 0 Å². The predicted octanol–water partition coefficient (Wildman–Crippen LogP) is -0.356. The molecule has 0 aromatic rings. The third kappa shape index (κ3) is 3.60. The van der Waals surface area contributed by atoms with E-state index in [1.54, 1.807) is 5.32 Å². The number of hydrogen-bond acceptors (Lipinski definition) is 3. The number of carboxylic acids is 1. The molecule has 0 unspecified atom stereocenters. The zero-order valence-electron chi connectivity index (χ0n) is 9.08. The van der Waals surface area contributed by atoms with E-state index in [9.17, 15) is 27.6 Å². The molecular weight excluding hydrogens is 257 g/mol. The zero-order valence-corrected chi connectivity index (χ0v) is 9.08. The van der Waals surface area contributed by atoms with Gasteiger partial charge in [-0.25, -0.2) is 0 Å². The van der Waals surface area contributed by atoms with Crippen LogP contribution in [-0.4, -0.2) is 41.7 Å². The Bertz CT molecular complexity index is 369. The predicted molar refractivity (Wildman–Crippen MR) is 51.4 cm³/mol. The molecule has 0 aromatic carbocycles. The standard InChI is InChI=1S/C9H11F3N2O4/c10-9(11,12)5-2-1-4(8(18)14-5)7(17)13-3-6(15)16/h4-5H,1-3H2,(H,13,17)(H,14,18)(H,15,16)/t4-,5-/m0/s1. The van der Waals surface area contributed by atoms with E-state index in [0.717, 1.165) is 0 Å². The second-order valence-corrected chi connectivity index (χ2v) is 3.84. The highest BCUT2D eigenvalue weighted by Crippen LogP contribution is 2.28. The van der Waals surface area contributed by atoms with Crippen LogP contribution in [0.4, 0.5) is 13.2 Å². The summed E-state index contributed by atoms with van der Waals surface area (Å²) < 4.78 is 36.9. The number of alkyl halides is 3. The number of amides is 2. The van der Waals surface area contributed by atoms with Gasteiger partial charge in [0.05, 0.1) is 0 Å². The van der Waals surface area contributed by atoms with Crippen molar-refractivity contribution in [1.29, 1.82) is 0 Å². The maximum atomic E-state index is 12.3. The molecule has 1 aliphatic heterocycles. The number of rotatable bonds is 3. The van der Waals surface area contributed by atoms with Gasteiger partial charge in [-0.3, -0.25) is 14.4 Å². The van der Waals surface area contributed by atoms with Gasteiger partial charge >= 0.3 is 12.1 Å². The summed E-state index contributed by atoms with van der Waals surface area (Å²) in [7, 11) is 0. The summed E-state index contributed by atoms with van der Waals surface area (Å²) in [5.74, 6) is -4.49. The lowest BCUT2D eigenvalue weighted by Gasteiger charge is -2.29. The number of hydrogen-bond donors (Lipinski definition) is 3. The van der Waals surface area contributed by atoms with Crippen molar-refractivity contribution < 1.29 is 32.7 Å². The average Bonchev–Trinajstić information content (AvgIpc) is 2.24. The summed E-state index contributed by atoms with van der Waals surface area (Å²) in [4.78, 5) is 32.9. The van der Waals surface area contributed by atoms with E-state index in [1.165, 1.54) is 0 Å². The van der Waals surface area contributed by atoms with Crippen molar-refractivity contribution in [2.45, 2.75) is 25.1 Å². The maximum Gasteiger partial charge on any atom is 0.408 e. The Balaban J connectivity index is 2.55. The van der Waals surface area contributed by atoms with Gasteiger partial charge in [0.15, 0.2) is 0 Å². The van der Waals surface area contributed by atoms with Crippen molar-refractivity contribution in [2.24, 2.45) is 5.92 Å². The maximum absolute atomic E-state index is 12.3. The Morgan fingerprint density at radius 3 is 2.44 bits per heavy atom. The second-order valence-electron chi connectivity index (χ2n) is 3.84. The molecule has 1 saturated heterocycles. The fourth-order valence-electron chi connectivity index (χ4n) is 1.59. The zero-order chi connectivity index (χ0) is 13.9. The number of nitrogens with one attached hydrogen (secondary N) is 2. The number of aliphatic carboxylic acids is 1. The van der Waals surface area contributed by atoms with Crippen molar-refractivity contribution in [1.82, 2.24) is 10.6 Å². The highest BCUT2D eigenvalue weighted by Gasteiger charge is 2.45. The smallest absolute Gasteiger partial charge is 0.408 e. The summed E-state index contributed by atoms with van der Waals surface area (Å²) in [6, 6.07) is -1.95. The minimum Gasteiger partial charge on any atom is -0.480 e. The van der Waals surface area contributed by atoms with Crippen LogP contribution in [0.3, 0.4) is 0 Å². The monoisotopic (exact) mass is 268 g/mol. The molecule has 0 saturated carbocycles. The first-order valence-corrected chi connectivity index (χ1v) is 5.08. The molecule has 1 fully saturated rings. The number of carbonyl (C=O) groups excluding carboxylic acids is 2. The van der Waals surface area contributed by atoms with Crippen LogP contribution >= 0.6 is 0 Å². The SMILES string of the molecule is O=C(O)CNC(=O)[C@@H]1CC[C@@H](C(F)(F)F)NC1=O. The summed E-state index contributed by atoms with van der Waals surface area (Å²) in [5.41, 5.74) is 0. The molecule has 1 aliphatic rings. The number of carbonyl (C=O) groups is 3. The van der Waals surface area contributed by atoms with E-state index in [0.29, 0.717) is 0 Å². The van der Waals surface area contributed by atoms with Gasteiger partial charge in [-0.15, -0.1) is 0 Å². The molecule has 0 spiro atoms. The molecule has 2 atom stereocenters. The molecular formula is C9H11F3N2O4. The van der Waals surface area contributed by atoms with Gasteiger partial charge in [0.25, 0.3) is 0 Å². The normalized spacial score (nSPS) is 24.3. The van der Waals surface area contributed by atoms with Crippen LogP contribution in [0.2, 0.25) is 0 Å². The van der Waals surface area contributed by atoms with Gasteiger partial charge in [0.2, 0.25) is 11.8 Å². The summed E-state index contributed by atoms with van der Waals surface area (Å²) in [6.07, 6.45) is -5.21. The molecule has 2 amide bonds. The van der Waals surface area contributed by atoms with Crippen LogP contribution in [0.5, 0.6) is 0 Å². The van der Waals surface area contributed by atoms with Crippen LogP contribution in [0.25, 0.3) is 0 Å². The minimum atomic E-state index is -4.54. The van der Waals surface area contributed by atoms with Crippen LogP contribution in [-0.2, 0) is 14.4 Å². The van der Waals surface area contributed by atoms with Gasteiger partial charge in [-0.1, -0.05) is 0 Å². The topological polar surface area (TPSA) is 95.5 Å².